The third-order valence-electron chi connectivity index (χ3n) is 5.72. The summed E-state index contributed by atoms with van der Waals surface area (Å²) in [4.78, 5) is 29.6. The first-order valence-electron chi connectivity index (χ1n) is 9.97. The van der Waals surface area contributed by atoms with Crippen LogP contribution in [0.3, 0.4) is 0 Å². The number of hydrogen-bond acceptors (Lipinski definition) is 5. The summed E-state index contributed by atoms with van der Waals surface area (Å²) in [6, 6.07) is 7.69. The summed E-state index contributed by atoms with van der Waals surface area (Å²) in [5, 5.41) is 6.25. The lowest BCUT2D eigenvalue weighted by Gasteiger charge is -2.32. The molecule has 0 aliphatic carbocycles. The molecule has 1 aromatic carbocycles. The van der Waals surface area contributed by atoms with Crippen molar-refractivity contribution in [3.05, 3.63) is 29.8 Å². The minimum absolute atomic E-state index is 0. The van der Waals surface area contributed by atoms with Gasteiger partial charge in [0.2, 0.25) is 0 Å². The molecule has 2 unspecified atom stereocenters. The van der Waals surface area contributed by atoms with Crippen molar-refractivity contribution in [1.29, 1.82) is 0 Å². The second-order valence-corrected chi connectivity index (χ2v) is 7.55. The summed E-state index contributed by atoms with van der Waals surface area (Å²) in [6.45, 7) is 6.37. The van der Waals surface area contributed by atoms with Gasteiger partial charge in [-0.1, -0.05) is 6.07 Å². The van der Waals surface area contributed by atoms with Gasteiger partial charge in [-0.15, -0.1) is 12.4 Å². The van der Waals surface area contributed by atoms with Gasteiger partial charge < -0.3 is 20.3 Å². The van der Waals surface area contributed by atoms with E-state index in [2.05, 4.69) is 15.5 Å². The SMILES string of the molecule is Cl.O=C(Nc1cccc(C(=O)N2CCC(N3CCNCC3)C2)c1)C1CCCO1. The molecule has 3 fully saturated rings. The molecule has 8 heteroatoms. The molecular weight excluding hydrogens is 380 g/mol. The minimum Gasteiger partial charge on any atom is -0.368 e. The molecule has 3 aliphatic rings. The molecule has 1 aromatic rings. The standard InChI is InChI=1S/C20H28N4O3.ClH/c25-19(18-5-2-12-27-18)22-16-4-1-3-15(13-16)20(26)24-9-6-17(14-24)23-10-7-21-8-11-23;/h1,3-4,13,17-18,21H,2,5-12,14H2,(H,22,25);1H. The van der Waals surface area contributed by atoms with Crippen LogP contribution in [0.2, 0.25) is 0 Å². The van der Waals surface area contributed by atoms with E-state index in [1.165, 1.54) is 0 Å². The average molecular weight is 409 g/mol. The van der Waals surface area contributed by atoms with Crippen LogP contribution < -0.4 is 10.6 Å². The van der Waals surface area contributed by atoms with Crippen LogP contribution in [0.5, 0.6) is 0 Å². The van der Waals surface area contributed by atoms with Crippen molar-refractivity contribution in [3.63, 3.8) is 0 Å². The fourth-order valence-corrected chi connectivity index (χ4v) is 4.19. The van der Waals surface area contributed by atoms with Crippen molar-refractivity contribution in [2.75, 3.05) is 51.2 Å². The van der Waals surface area contributed by atoms with Crippen LogP contribution in [0.15, 0.2) is 24.3 Å². The summed E-state index contributed by atoms with van der Waals surface area (Å²) in [6.07, 6.45) is 2.33. The third kappa shape index (κ3) is 4.84. The molecule has 0 aromatic heterocycles. The van der Waals surface area contributed by atoms with Gasteiger partial charge in [0, 0.05) is 63.2 Å². The quantitative estimate of drug-likeness (QED) is 0.786. The van der Waals surface area contributed by atoms with Crippen LogP contribution in [0.4, 0.5) is 5.69 Å². The Hall–Kier alpha value is -1.67. The Bertz CT molecular complexity index is 690. The van der Waals surface area contributed by atoms with Crippen molar-refractivity contribution in [2.45, 2.75) is 31.4 Å². The lowest BCUT2D eigenvalue weighted by atomic mass is 10.1. The Labute approximate surface area is 172 Å². The number of carbonyl (C=O) groups is 2. The number of anilines is 1. The molecule has 3 heterocycles. The highest BCUT2D eigenvalue weighted by atomic mass is 35.5. The van der Waals surface area contributed by atoms with Gasteiger partial charge in [0.05, 0.1) is 0 Å². The van der Waals surface area contributed by atoms with Gasteiger partial charge in [0.25, 0.3) is 11.8 Å². The van der Waals surface area contributed by atoms with Crippen LogP contribution in [0.1, 0.15) is 29.6 Å². The number of ether oxygens (including phenoxy) is 1. The molecule has 154 valence electrons. The fourth-order valence-electron chi connectivity index (χ4n) is 4.19. The largest absolute Gasteiger partial charge is 0.368 e. The van der Waals surface area contributed by atoms with E-state index >= 15 is 0 Å². The van der Waals surface area contributed by atoms with Crippen LogP contribution in [0, 0.1) is 0 Å². The first-order chi connectivity index (χ1) is 13.2. The smallest absolute Gasteiger partial charge is 0.253 e. The van der Waals surface area contributed by atoms with Crippen molar-refractivity contribution in [1.82, 2.24) is 15.1 Å². The zero-order valence-electron chi connectivity index (χ0n) is 16.1. The van der Waals surface area contributed by atoms with E-state index in [4.69, 9.17) is 4.74 Å². The third-order valence-corrected chi connectivity index (χ3v) is 5.72. The number of benzene rings is 1. The molecule has 0 saturated carbocycles. The van der Waals surface area contributed by atoms with E-state index in [1.807, 2.05) is 23.1 Å². The number of rotatable bonds is 4. The van der Waals surface area contributed by atoms with Gasteiger partial charge in [-0.3, -0.25) is 14.5 Å². The summed E-state index contributed by atoms with van der Waals surface area (Å²) in [7, 11) is 0. The number of halogens is 1. The molecular formula is C20H29ClN4O3. The molecule has 3 saturated heterocycles. The molecule has 3 aliphatic heterocycles. The maximum absolute atomic E-state index is 12.9. The fraction of sp³-hybridized carbons (Fsp3) is 0.600. The highest BCUT2D eigenvalue weighted by molar-refractivity contribution is 5.98. The maximum Gasteiger partial charge on any atom is 0.253 e. The maximum atomic E-state index is 12.9. The predicted molar refractivity (Wildman–Crippen MR) is 110 cm³/mol. The number of carbonyl (C=O) groups excluding carboxylic acids is 2. The average Bonchev–Trinajstić information content (AvgIpc) is 3.40. The number of likely N-dealkylation sites (tertiary alicyclic amines) is 1. The van der Waals surface area contributed by atoms with Crippen molar-refractivity contribution in [2.24, 2.45) is 0 Å². The number of nitrogens with zero attached hydrogens (tertiary/aromatic N) is 2. The zero-order valence-corrected chi connectivity index (χ0v) is 16.9. The van der Waals surface area contributed by atoms with Crippen LogP contribution in [-0.4, -0.2) is 79.6 Å². The van der Waals surface area contributed by atoms with E-state index in [9.17, 15) is 9.59 Å². The molecule has 28 heavy (non-hydrogen) atoms. The first kappa shape index (κ1) is 21.0. The normalized spacial score (nSPS) is 25.4. The molecule has 7 nitrogen and oxygen atoms in total. The van der Waals surface area contributed by atoms with Crippen LogP contribution in [-0.2, 0) is 9.53 Å². The van der Waals surface area contributed by atoms with Crippen molar-refractivity contribution in [3.8, 4) is 0 Å². The number of hydrogen-bond donors (Lipinski definition) is 2. The molecule has 0 bridgehead atoms. The van der Waals surface area contributed by atoms with Gasteiger partial charge in [-0.2, -0.15) is 0 Å². The Morgan fingerprint density at radius 1 is 1.14 bits per heavy atom. The molecule has 4 rings (SSSR count). The zero-order chi connectivity index (χ0) is 18.6. The number of nitrogens with one attached hydrogen (secondary N) is 2. The van der Waals surface area contributed by atoms with Gasteiger partial charge in [-0.05, 0) is 37.5 Å². The van der Waals surface area contributed by atoms with Gasteiger partial charge >= 0.3 is 0 Å². The predicted octanol–water partition coefficient (Wildman–Crippen LogP) is 1.35. The minimum atomic E-state index is -0.372. The Balaban J connectivity index is 0.00000225. The lowest BCUT2D eigenvalue weighted by molar-refractivity contribution is -0.124. The molecule has 2 N–H and O–H groups in total. The van der Waals surface area contributed by atoms with Gasteiger partial charge in [0.1, 0.15) is 6.10 Å². The lowest BCUT2D eigenvalue weighted by Crippen LogP contribution is -2.49. The van der Waals surface area contributed by atoms with Gasteiger partial charge in [0.15, 0.2) is 0 Å². The monoisotopic (exact) mass is 408 g/mol. The summed E-state index contributed by atoms with van der Waals surface area (Å²) in [5.41, 5.74) is 1.28. The summed E-state index contributed by atoms with van der Waals surface area (Å²) < 4.78 is 5.42. The van der Waals surface area contributed by atoms with E-state index in [0.717, 1.165) is 58.5 Å². The second kappa shape index (κ2) is 9.69. The highest BCUT2D eigenvalue weighted by Gasteiger charge is 2.31. The highest BCUT2D eigenvalue weighted by Crippen LogP contribution is 2.21. The van der Waals surface area contributed by atoms with Crippen LogP contribution >= 0.6 is 12.4 Å². The summed E-state index contributed by atoms with van der Waals surface area (Å²) in [5.74, 6) is -0.0853. The second-order valence-electron chi connectivity index (χ2n) is 7.55. The number of piperazine rings is 1. The Morgan fingerprint density at radius 3 is 2.71 bits per heavy atom. The van der Waals surface area contributed by atoms with E-state index in [1.54, 1.807) is 6.07 Å². The van der Waals surface area contributed by atoms with E-state index < -0.39 is 0 Å². The topological polar surface area (TPSA) is 73.9 Å². The Kier molecular flexibility index (Phi) is 7.29. The van der Waals surface area contributed by atoms with E-state index in [0.29, 0.717) is 23.9 Å². The molecule has 2 atom stereocenters. The molecule has 0 spiro atoms. The van der Waals surface area contributed by atoms with E-state index in [-0.39, 0.29) is 30.3 Å². The van der Waals surface area contributed by atoms with Crippen LogP contribution in [0.25, 0.3) is 0 Å². The van der Waals surface area contributed by atoms with Gasteiger partial charge in [-0.25, -0.2) is 0 Å². The first-order valence-corrected chi connectivity index (χ1v) is 9.97. The molecule has 0 radical (unpaired) electrons. The Morgan fingerprint density at radius 2 is 1.96 bits per heavy atom. The van der Waals surface area contributed by atoms with Crippen molar-refractivity contribution < 1.29 is 14.3 Å². The number of amides is 2. The summed E-state index contributed by atoms with van der Waals surface area (Å²) >= 11 is 0. The van der Waals surface area contributed by atoms with Crippen molar-refractivity contribution >= 4 is 29.9 Å². The molecule has 2 amide bonds.